The lowest BCUT2D eigenvalue weighted by Gasteiger charge is -2.40. The van der Waals surface area contributed by atoms with Crippen LogP contribution in [0.5, 0.6) is 5.75 Å². The summed E-state index contributed by atoms with van der Waals surface area (Å²) in [6.07, 6.45) is 0.842. The summed E-state index contributed by atoms with van der Waals surface area (Å²) >= 11 is 0. The molecule has 0 aliphatic carbocycles. The molecule has 1 aliphatic rings. The van der Waals surface area contributed by atoms with Crippen molar-refractivity contribution in [2.75, 3.05) is 13.2 Å². The summed E-state index contributed by atoms with van der Waals surface area (Å²) in [4.78, 5) is 0. The monoisotopic (exact) mass is 180 g/mol. The number of hydrogen-bond acceptors (Lipinski definition) is 3. The molecule has 0 amide bonds. The van der Waals surface area contributed by atoms with Crippen LogP contribution in [0, 0.1) is 0 Å². The Morgan fingerprint density at radius 3 is 2.31 bits per heavy atom. The van der Waals surface area contributed by atoms with Crippen LogP contribution < -0.4 is 0 Å². The van der Waals surface area contributed by atoms with Crippen molar-refractivity contribution in [2.24, 2.45) is 0 Å². The van der Waals surface area contributed by atoms with E-state index in [2.05, 4.69) is 0 Å². The maximum Gasteiger partial charge on any atom is 0.118 e. The van der Waals surface area contributed by atoms with Crippen LogP contribution in [0.1, 0.15) is 12.0 Å². The summed E-state index contributed by atoms with van der Waals surface area (Å²) in [5.74, 6) is 0.233. The molecule has 3 nitrogen and oxygen atoms in total. The van der Waals surface area contributed by atoms with Gasteiger partial charge in [0, 0.05) is 6.42 Å². The first kappa shape index (κ1) is 8.53. The molecule has 2 rings (SSSR count). The minimum absolute atomic E-state index is 0.00221. The Labute approximate surface area is 76.6 Å². The predicted octanol–water partition coefficient (Wildman–Crippen LogP) is 1.00. The molecule has 1 aliphatic heterocycles. The van der Waals surface area contributed by atoms with Crippen LogP contribution in [-0.2, 0) is 10.3 Å². The summed E-state index contributed by atoms with van der Waals surface area (Å²) in [6, 6.07) is 6.78. The van der Waals surface area contributed by atoms with Crippen molar-refractivity contribution in [3.05, 3.63) is 29.8 Å². The number of ether oxygens (including phenoxy) is 1. The zero-order valence-corrected chi connectivity index (χ0v) is 7.23. The van der Waals surface area contributed by atoms with Gasteiger partial charge >= 0.3 is 0 Å². The van der Waals surface area contributed by atoms with Gasteiger partial charge in [-0.2, -0.15) is 0 Å². The highest BCUT2D eigenvalue weighted by Gasteiger charge is 2.39. The third-order valence-electron chi connectivity index (χ3n) is 2.53. The SMILES string of the molecule is OCC1(c2ccc(O)cc2)CCO1. The van der Waals surface area contributed by atoms with Crippen LogP contribution in [0.3, 0.4) is 0 Å². The molecule has 70 valence electrons. The molecule has 0 aromatic heterocycles. The Morgan fingerprint density at radius 1 is 1.31 bits per heavy atom. The highest BCUT2D eigenvalue weighted by atomic mass is 16.5. The van der Waals surface area contributed by atoms with E-state index in [9.17, 15) is 5.11 Å². The fourth-order valence-electron chi connectivity index (χ4n) is 1.56. The molecular formula is C10H12O3. The van der Waals surface area contributed by atoms with Gasteiger partial charge in [0.25, 0.3) is 0 Å². The maximum absolute atomic E-state index is 9.17. The van der Waals surface area contributed by atoms with Crippen molar-refractivity contribution in [1.29, 1.82) is 0 Å². The summed E-state index contributed by atoms with van der Waals surface area (Å²) in [5, 5.41) is 18.3. The number of aliphatic hydroxyl groups is 1. The average Bonchev–Trinajstić information content (AvgIpc) is 2.07. The first-order valence-electron chi connectivity index (χ1n) is 4.31. The van der Waals surface area contributed by atoms with Crippen LogP contribution in [0.25, 0.3) is 0 Å². The zero-order valence-electron chi connectivity index (χ0n) is 7.23. The Balaban J connectivity index is 2.28. The fourth-order valence-corrected chi connectivity index (χ4v) is 1.56. The lowest BCUT2D eigenvalue weighted by molar-refractivity contribution is -0.177. The number of aliphatic hydroxyl groups excluding tert-OH is 1. The molecule has 1 unspecified atom stereocenters. The Kier molecular flexibility index (Phi) is 1.98. The molecule has 0 radical (unpaired) electrons. The van der Waals surface area contributed by atoms with Crippen molar-refractivity contribution >= 4 is 0 Å². The van der Waals surface area contributed by atoms with Crippen LogP contribution in [0.15, 0.2) is 24.3 Å². The molecule has 1 heterocycles. The molecule has 0 spiro atoms. The third kappa shape index (κ3) is 1.30. The highest BCUT2D eigenvalue weighted by molar-refractivity contribution is 5.31. The summed E-state index contributed by atoms with van der Waals surface area (Å²) in [6.45, 7) is 0.694. The molecule has 13 heavy (non-hydrogen) atoms. The van der Waals surface area contributed by atoms with E-state index >= 15 is 0 Å². The van der Waals surface area contributed by atoms with E-state index in [0.29, 0.717) is 6.61 Å². The number of hydrogen-bond donors (Lipinski definition) is 2. The molecule has 1 fully saturated rings. The van der Waals surface area contributed by atoms with Crippen LogP contribution in [0.2, 0.25) is 0 Å². The van der Waals surface area contributed by atoms with E-state index in [-0.39, 0.29) is 12.4 Å². The smallest absolute Gasteiger partial charge is 0.118 e. The Bertz CT molecular complexity index is 282. The van der Waals surface area contributed by atoms with Gasteiger partial charge in [0.1, 0.15) is 11.4 Å². The Morgan fingerprint density at radius 2 is 1.92 bits per heavy atom. The molecule has 1 aromatic rings. The lowest BCUT2D eigenvalue weighted by Crippen LogP contribution is -2.44. The number of phenols is 1. The van der Waals surface area contributed by atoms with Gasteiger partial charge in [-0.05, 0) is 17.7 Å². The van der Waals surface area contributed by atoms with E-state index in [1.54, 1.807) is 24.3 Å². The van der Waals surface area contributed by atoms with Crippen LogP contribution in [-0.4, -0.2) is 23.4 Å². The topological polar surface area (TPSA) is 49.7 Å². The van der Waals surface area contributed by atoms with Crippen molar-refractivity contribution in [3.63, 3.8) is 0 Å². The second-order valence-corrected chi connectivity index (χ2v) is 3.30. The van der Waals surface area contributed by atoms with Crippen molar-refractivity contribution in [2.45, 2.75) is 12.0 Å². The first-order valence-corrected chi connectivity index (χ1v) is 4.31. The van der Waals surface area contributed by atoms with Gasteiger partial charge in [0.15, 0.2) is 0 Å². The van der Waals surface area contributed by atoms with E-state index in [1.807, 2.05) is 0 Å². The maximum atomic E-state index is 9.17. The summed E-state index contributed by atoms with van der Waals surface area (Å²) in [7, 11) is 0. The van der Waals surface area contributed by atoms with Gasteiger partial charge in [0.2, 0.25) is 0 Å². The van der Waals surface area contributed by atoms with Crippen LogP contribution in [0.4, 0.5) is 0 Å². The third-order valence-corrected chi connectivity index (χ3v) is 2.53. The minimum atomic E-state index is -0.506. The molecule has 0 bridgehead atoms. The van der Waals surface area contributed by atoms with Crippen molar-refractivity contribution < 1.29 is 14.9 Å². The predicted molar refractivity (Wildman–Crippen MR) is 47.4 cm³/mol. The van der Waals surface area contributed by atoms with Gasteiger partial charge in [-0.25, -0.2) is 0 Å². The quantitative estimate of drug-likeness (QED) is 0.713. The number of rotatable bonds is 2. The summed E-state index contributed by atoms with van der Waals surface area (Å²) in [5.41, 5.74) is 0.423. The molecule has 2 N–H and O–H groups in total. The Hall–Kier alpha value is -1.06. The first-order chi connectivity index (χ1) is 6.27. The van der Waals surface area contributed by atoms with E-state index in [0.717, 1.165) is 12.0 Å². The normalized spacial score (nSPS) is 26.8. The average molecular weight is 180 g/mol. The second kappa shape index (κ2) is 3.01. The van der Waals surface area contributed by atoms with E-state index < -0.39 is 5.60 Å². The standard InChI is InChI=1S/C10H12O3/c11-7-10(5-6-13-10)8-1-3-9(12)4-2-8/h1-4,11-12H,5-7H2. The van der Waals surface area contributed by atoms with Gasteiger partial charge in [-0.3, -0.25) is 0 Å². The zero-order chi connectivity index (χ0) is 9.31. The minimum Gasteiger partial charge on any atom is -0.508 e. The fraction of sp³-hybridized carbons (Fsp3) is 0.400. The van der Waals surface area contributed by atoms with Gasteiger partial charge in [-0.15, -0.1) is 0 Å². The molecule has 1 atom stereocenters. The van der Waals surface area contributed by atoms with Crippen molar-refractivity contribution in [3.8, 4) is 5.75 Å². The van der Waals surface area contributed by atoms with Gasteiger partial charge in [-0.1, -0.05) is 12.1 Å². The number of aromatic hydroxyl groups is 1. The second-order valence-electron chi connectivity index (χ2n) is 3.30. The lowest BCUT2D eigenvalue weighted by atomic mass is 9.87. The van der Waals surface area contributed by atoms with E-state index in [1.165, 1.54) is 0 Å². The molecule has 1 saturated heterocycles. The highest BCUT2D eigenvalue weighted by Crippen LogP contribution is 2.37. The van der Waals surface area contributed by atoms with Gasteiger partial charge < -0.3 is 14.9 Å². The van der Waals surface area contributed by atoms with Crippen LogP contribution >= 0.6 is 0 Å². The summed E-state index contributed by atoms with van der Waals surface area (Å²) < 4.78 is 5.36. The van der Waals surface area contributed by atoms with Crippen molar-refractivity contribution in [1.82, 2.24) is 0 Å². The van der Waals surface area contributed by atoms with Gasteiger partial charge in [0.05, 0.1) is 13.2 Å². The molecular weight excluding hydrogens is 168 g/mol. The number of benzene rings is 1. The number of phenolic OH excluding ortho intramolecular Hbond substituents is 1. The van der Waals surface area contributed by atoms with E-state index in [4.69, 9.17) is 9.84 Å². The molecule has 0 saturated carbocycles. The molecule has 3 heteroatoms. The largest absolute Gasteiger partial charge is 0.508 e. The molecule has 1 aromatic carbocycles.